The highest BCUT2D eigenvalue weighted by Gasteiger charge is 2.27. The first kappa shape index (κ1) is 22.8. The van der Waals surface area contributed by atoms with Crippen LogP contribution >= 0.6 is 11.8 Å². The molecular weight excluding hydrogens is 384 g/mol. The second-order valence-corrected chi connectivity index (χ2v) is 7.88. The zero-order valence-electron chi connectivity index (χ0n) is 17.6. The van der Waals surface area contributed by atoms with Crippen LogP contribution in [0.3, 0.4) is 0 Å². The van der Waals surface area contributed by atoms with E-state index in [9.17, 15) is 9.59 Å². The summed E-state index contributed by atoms with van der Waals surface area (Å²) in [6.07, 6.45) is 0.554. The van der Waals surface area contributed by atoms with Crippen LogP contribution in [0.5, 0.6) is 5.75 Å². The maximum absolute atomic E-state index is 13.1. The maximum Gasteiger partial charge on any atom is 0.242 e. The van der Waals surface area contributed by atoms with Crippen LogP contribution in [0.25, 0.3) is 0 Å². The van der Waals surface area contributed by atoms with Crippen LogP contribution < -0.4 is 10.1 Å². The largest absolute Gasteiger partial charge is 0.497 e. The van der Waals surface area contributed by atoms with Gasteiger partial charge in [0.2, 0.25) is 11.8 Å². The summed E-state index contributed by atoms with van der Waals surface area (Å²) < 4.78 is 5.29. The molecule has 0 radical (unpaired) electrons. The van der Waals surface area contributed by atoms with Gasteiger partial charge in [-0.2, -0.15) is 0 Å². The van der Waals surface area contributed by atoms with Gasteiger partial charge in [0, 0.05) is 19.3 Å². The van der Waals surface area contributed by atoms with E-state index in [-0.39, 0.29) is 11.8 Å². The van der Waals surface area contributed by atoms with E-state index in [0.29, 0.717) is 18.7 Å². The number of likely N-dealkylation sites (N-methyl/N-ethyl adjacent to an activating group) is 1. The molecule has 156 valence electrons. The molecule has 0 spiro atoms. The maximum atomic E-state index is 13.1. The van der Waals surface area contributed by atoms with Crippen molar-refractivity contribution < 1.29 is 14.3 Å². The lowest BCUT2D eigenvalue weighted by molar-refractivity contribution is -0.139. The second kappa shape index (κ2) is 11.5. The number of ether oxygens (including phenoxy) is 1. The number of benzene rings is 2. The van der Waals surface area contributed by atoms with Crippen molar-refractivity contribution in [2.24, 2.45) is 0 Å². The molecule has 2 aromatic rings. The number of rotatable bonds is 10. The van der Waals surface area contributed by atoms with Gasteiger partial charge in [-0.05, 0) is 36.6 Å². The molecule has 5 nitrogen and oxygen atoms in total. The zero-order chi connectivity index (χ0) is 21.2. The minimum Gasteiger partial charge on any atom is -0.497 e. The number of methoxy groups -OCH3 is 1. The number of aryl methyl sites for hydroxylation is 1. The normalized spacial score (nSPS) is 11.6. The number of amides is 2. The van der Waals surface area contributed by atoms with E-state index in [4.69, 9.17) is 4.74 Å². The Hall–Kier alpha value is -2.47. The highest BCUT2D eigenvalue weighted by atomic mass is 32.2. The van der Waals surface area contributed by atoms with Gasteiger partial charge in [0.05, 0.1) is 12.9 Å². The van der Waals surface area contributed by atoms with E-state index >= 15 is 0 Å². The standard InChI is InChI=1S/C23H30N2O3S/c1-5-21(23(27)24-3)25(14-18-9-7-11-20(13-18)28-4)22(26)16-29-15-19-10-6-8-17(2)12-19/h6-13,21H,5,14-16H2,1-4H3,(H,24,27)/t21-/m0/s1. The van der Waals surface area contributed by atoms with Crippen LogP contribution in [0.15, 0.2) is 48.5 Å². The van der Waals surface area contributed by atoms with Gasteiger partial charge >= 0.3 is 0 Å². The number of hydrogen-bond acceptors (Lipinski definition) is 4. The summed E-state index contributed by atoms with van der Waals surface area (Å²) in [5.41, 5.74) is 3.34. The molecule has 0 aliphatic heterocycles. The smallest absolute Gasteiger partial charge is 0.242 e. The molecule has 0 saturated heterocycles. The van der Waals surface area contributed by atoms with Crippen molar-refractivity contribution in [1.29, 1.82) is 0 Å². The Morgan fingerprint density at radius 2 is 1.86 bits per heavy atom. The lowest BCUT2D eigenvalue weighted by Gasteiger charge is -2.30. The molecule has 0 fully saturated rings. The molecule has 1 atom stereocenters. The molecule has 0 bridgehead atoms. The Balaban J connectivity index is 2.12. The average Bonchev–Trinajstić information content (AvgIpc) is 2.73. The van der Waals surface area contributed by atoms with Crippen molar-refractivity contribution in [3.8, 4) is 5.75 Å². The summed E-state index contributed by atoms with van der Waals surface area (Å²) >= 11 is 1.57. The molecule has 2 aromatic carbocycles. The summed E-state index contributed by atoms with van der Waals surface area (Å²) in [7, 11) is 3.22. The van der Waals surface area contributed by atoms with Gasteiger partial charge in [-0.1, -0.05) is 48.9 Å². The monoisotopic (exact) mass is 414 g/mol. The Labute approximate surface area is 177 Å². The molecule has 0 saturated carbocycles. The molecule has 0 aliphatic carbocycles. The Kier molecular flexibility index (Phi) is 9.06. The van der Waals surface area contributed by atoms with Crippen LogP contribution in [0.2, 0.25) is 0 Å². The van der Waals surface area contributed by atoms with Crippen LogP contribution in [0.1, 0.15) is 30.0 Å². The topological polar surface area (TPSA) is 58.6 Å². The van der Waals surface area contributed by atoms with Crippen LogP contribution in [0.4, 0.5) is 0 Å². The first-order valence-electron chi connectivity index (χ1n) is 9.75. The summed E-state index contributed by atoms with van der Waals surface area (Å²) in [4.78, 5) is 27.1. The van der Waals surface area contributed by atoms with E-state index in [1.807, 2.05) is 37.3 Å². The predicted molar refractivity (Wildman–Crippen MR) is 119 cm³/mol. The van der Waals surface area contributed by atoms with Gasteiger partial charge in [-0.25, -0.2) is 0 Å². The number of thioether (sulfide) groups is 1. The average molecular weight is 415 g/mol. The SMILES string of the molecule is CC[C@@H](C(=O)NC)N(Cc1cccc(OC)c1)C(=O)CSCc1cccc(C)c1. The van der Waals surface area contributed by atoms with Crippen molar-refractivity contribution in [2.45, 2.75) is 38.6 Å². The predicted octanol–water partition coefficient (Wildman–Crippen LogP) is 3.79. The highest BCUT2D eigenvalue weighted by Crippen LogP contribution is 2.20. The molecule has 2 amide bonds. The van der Waals surface area contributed by atoms with Crippen molar-refractivity contribution >= 4 is 23.6 Å². The van der Waals surface area contributed by atoms with Gasteiger partial charge in [-0.15, -0.1) is 11.8 Å². The number of nitrogens with one attached hydrogen (secondary N) is 1. The van der Waals surface area contributed by atoms with Crippen LogP contribution in [-0.2, 0) is 21.9 Å². The van der Waals surface area contributed by atoms with Gasteiger partial charge in [0.15, 0.2) is 0 Å². The lowest BCUT2D eigenvalue weighted by Crippen LogP contribution is -2.48. The Morgan fingerprint density at radius 1 is 1.14 bits per heavy atom. The summed E-state index contributed by atoms with van der Waals surface area (Å²) in [6, 6.07) is 15.4. The second-order valence-electron chi connectivity index (χ2n) is 6.89. The van der Waals surface area contributed by atoms with E-state index in [0.717, 1.165) is 17.1 Å². The molecule has 0 aromatic heterocycles. The van der Waals surface area contributed by atoms with E-state index in [2.05, 4.69) is 30.4 Å². The Morgan fingerprint density at radius 3 is 2.52 bits per heavy atom. The molecule has 1 N–H and O–H groups in total. The van der Waals surface area contributed by atoms with Gasteiger partial charge in [-0.3, -0.25) is 9.59 Å². The number of hydrogen-bond donors (Lipinski definition) is 1. The molecule has 29 heavy (non-hydrogen) atoms. The highest BCUT2D eigenvalue weighted by molar-refractivity contribution is 7.99. The van der Waals surface area contributed by atoms with E-state index in [1.165, 1.54) is 11.1 Å². The quantitative estimate of drug-likeness (QED) is 0.643. The molecule has 0 aliphatic rings. The van der Waals surface area contributed by atoms with Gasteiger partial charge in [0.1, 0.15) is 11.8 Å². The first-order valence-corrected chi connectivity index (χ1v) is 10.9. The fourth-order valence-electron chi connectivity index (χ4n) is 3.19. The minimum absolute atomic E-state index is 0.0408. The third kappa shape index (κ3) is 6.82. The molecule has 0 unspecified atom stereocenters. The summed E-state index contributed by atoms with van der Waals surface area (Å²) in [5, 5.41) is 2.68. The number of carbonyl (C=O) groups is 2. The molecular formula is C23H30N2O3S. The number of nitrogens with zero attached hydrogens (tertiary/aromatic N) is 1. The van der Waals surface area contributed by atoms with Crippen molar-refractivity contribution in [3.63, 3.8) is 0 Å². The van der Waals surface area contributed by atoms with Crippen molar-refractivity contribution in [1.82, 2.24) is 10.2 Å². The Bertz CT molecular complexity index is 825. The van der Waals surface area contributed by atoms with E-state index < -0.39 is 6.04 Å². The summed E-state index contributed by atoms with van der Waals surface area (Å²) in [5.74, 6) is 1.63. The van der Waals surface area contributed by atoms with Gasteiger partial charge < -0.3 is 15.0 Å². The lowest BCUT2D eigenvalue weighted by atomic mass is 10.1. The fourth-order valence-corrected chi connectivity index (χ4v) is 4.05. The van der Waals surface area contributed by atoms with E-state index in [1.54, 1.807) is 30.8 Å². The first-order chi connectivity index (χ1) is 14.0. The van der Waals surface area contributed by atoms with Crippen LogP contribution in [-0.4, -0.2) is 42.7 Å². The molecule has 6 heteroatoms. The zero-order valence-corrected chi connectivity index (χ0v) is 18.4. The molecule has 2 rings (SSSR count). The number of carbonyl (C=O) groups excluding carboxylic acids is 2. The van der Waals surface area contributed by atoms with Crippen molar-refractivity contribution in [3.05, 3.63) is 65.2 Å². The third-order valence-corrected chi connectivity index (χ3v) is 5.68. The van der Waals surface area contributed by atoms with Gasteiger partial charge in [0.25, 0.3) is 0 Å². The third-order valence-electron chi connectivity index (χ3n) is 4.70. The fraction of sp³-hybridized carbons (Fsp3) is 0.391. The molecule has 0 heterocycles. The minimum atomic E-state index is -0.502. The van der Waals surface area contributed by atoms with Crippen molar-refractivity contribution in [2.75, 3.05) is 19.9 Å². The summed E-state index contributed by atoms with van der Waals surface area (Å²) in [6.45, 7) is 4.35. The van der Waals surface area contributed by atoms with Crippen LogP contribution in [0, 0.1) is 6.92 Å².